The monoisotopic (exact) mass is 225 g/mol. The first-order chi connectivity index (χ1) is 7.06. The average molecular weight is 225 g/mol. The highest BCUT2D eigenvalue weighted by atomic mass is 32.2. The minimum absolute atomic E-state index is 0.273. The number of nitrogens with zero attached hydrogens (tertiary/aromatic N) is 1. The average Bonchev–Trinajstić information content (AvgIpc) is 2.24. The predicted molar refractivity (Wildman–Crippen MR) is 61.3 cm³/mol. The van der Waals surface area contributed by atoms with Gasteiger partial charge in [-0.05, 0) is 26.0 Å². The predicted octanol–water partition coefficient (Wildman–Crippen LogP) is 1.95. The van der Waals surface area contributed by atoms with Gasteiger partial charge in [0, 0.05) is 0 Å². The van der Waals surface area contributed by atoms with Gasteiger partial charge in [0.25, 0.3) is 0 Å². The van der Waals surface area contributed by atoms with Crippen molar-refractivity contribution >= 4 is 16.5 Å². The van der Waals surface area contributed by atoms with Crippen molar-refractivity contribution in [1.29, 1.82) is 0 Å². The number of hydrogen-bond acceptors (Lipinski definition) is 3. The molecule has 0 amide bonds. The van der Waals surface area contributed by atoms with Gasteiger partial charge in [-0.15, -0.1) is 0 Å². The van der Waals surface area contributed by atoms with E-state index in [4.69, 9.17) is 4.84 Å². The van der Waals surface area contributed by atoms with E-state index < -0.39 is 10.8 Å². The second-order valence-electron chi connectivity index (χ2n) is 4.22. The minimum Gasteiger partial charge on any atom is -0.277 e. The van der Waals surface area contributed by atoms with E-state index in [0.717, 1.165) is 10.6 Å². The van der Waals surface area contributed by atoms with Gasteiger partial charge < -0.3 is 0 Å². The van der Waals surface area contributed by atoms with Crippen LogP contribution in [0, 0.1) is 0 Å². The summed E-state index contributed by atoms with van der Waals surface area (Å²) in [5.41, 5.74) is 0.914. The maximum Gasteiger partial charge on any atom is 0.0798 e. The minimum atomic E-state index is -0.969. The Kier molecular flexibility index (Phi) is 2.56. The molecule has 0 bridgehead atoms. The molecule has 0 radical (unpaired) electrons. The van der Waals surface area contributed by atoms with E-state index in [1.807, 2.05) is 38.1 Å². The molecule has 0 saturated heterocycles. The van der Waals surface area contributed by atoms with E-state index in [2.05, 4.69) is 0 Å². The number of hydroxylamine groups is 1. The summed E-state index contributed by atoms with van der Waals surface area (Å²) in [5.74, 6) is 0. The van der Waals surface area contributed by atoms with Crippen LogP contribution >= 0.6 is 0 Å². The van der Waals surface area contributed by atoms with Gasteiger partial charge in [0.1, 0.15) is 0 Å². The summed E-state index contributed by atoms with van der Waals surface area (Å²) in [7, 11) is 0.671. The lowest BCUT2D eigenvalue weighted by molar-refractivity contribution is 0.157. The summed E-state index contributed by atoms with van der Waals surface area (Å²) >= 11 is 0. The molecule has 3 nitrogen and oxygen atoms in total. The molecule has 0 saturated carbocycles. The summed E-state index contributed by atoms with van der Waals surface area (Å²) in [6.07, 6.45) is 0. The molecule has 0 aromatic heterocycles. The Morgan fingerprint density at radius 2 is 2.07 bits per heavy atom. The zero-order valence-electron chi connectivity index (χ0n) is 9.19. The number of fused-ring (bicyclic) bond motifs is 1. The zero-order chi connectivity index (χ0) is 11.1. The van der Waals surface area contributed by atoms with Crippen LogP contribution in [0.25, 0.3) is 0 Å². The Hall–Kier alpha value is -0.870. The normalized spacial score (nSPS) is 23.7. The quantitative estimate of drug-likeness (QED) is 0.731. The van der Waals surface area contributed by atoms with Gasteiger partial charge in [-0.3, -0.25) is 14.1 Å². The summed E-state index contributed by atoms with van der Waals surface area (Å²) in [4.78, 5) is 6.16. The van der Waals surface area contributed by atoms with E-state index in [0.29, 0.717) is 6.54 Å². The molecule has 15 heavy (non-hydrogen) atoms. The second kappa shape index (κ2) is 3.61. The van der Waals surface area contributed by atoms with Crippen LogP contribution in [0.1, 0.15) is 13.8 Å². The number of hydrogen-bond donors (Lipinski definition) is 0. The number of rotatable bonds is 1. The second-order valence-corrected chi connectivity index (χ2v) is 6.30. The molecule has 1 atom stereocenters. The largest absolute Gasteiger partial charge is 0.277 e. The van der Waals surface area contributed by atoms with Crippen molar-refractivity contribution < 1.29 is 9.05 Å². The fraction of sp³-hybridized carbons (Fsp3) is 0.455. The van der Waals surface area contributed by atoms with Crippen molar-refractivity contribution in [3.05, 3.63) is 24.3 Å². The Morgan fingerprint density at radius 3 is 2.73 bits per heavy atom. The van der Waals surface area contributed by atoms with Gasteiger partial charge in [0.05, 0.1) is 39.8 Å². The topological polar surface area (TPSA) is 29.5 Å². The highest BCUT2D eigenvalue weighted by molar-refractivity contribution is 7.86. The molecule has 1 aliphatic heterocycles. The van der Waals surface area contributed by atoms with E-state index in [1.165, 1.54) is 0 Å². The van der Waals surface area contributed by atoms with E-state index in [1.54, 1.807) is 12.2 Å². The highest BCUT2D eigenvalue weighted by Gasteiger charge is 2.37. The van der Waals surface area contributed by atoms with Crippen molar-refractivity contribution in [3.63, 3.8) is 0 Å². The maximum atomic E-state index is 12.2. The molecule has 0 N–H and O–H groups in total. The highest BCUT2D eigenvalue weighted by Crippen LogP contribution is 2.35. The zero-order valence-corrected chi connectivity index (χ0v) is 10.0. The van der Waals surface area contributed by atoms with Crippen LogP contribution in [-0.2, 0) is 15.6 Å². The lowest BCUT2D eigenvalue weighted by Crippen LogP contribution is -2.45. The summed E-state index contributed by atoms with van der Waals surface area (Å²) < 4.78 is 12.0. The molecule has 0 fully saturated rings. The summed E-state index contributed by atoms with van der Waals surface area (Å²) in [6.45, 7) is 4.63. The molecule has 2 rings (SSSR count). The summed E-state index contributed by atoms with van der Waals surface area (Å²) in [5, 5.41) is 1.80. The first kappa shape index (κ1) is 10.6. The van der Waals surface area contributed by atoms with Gasteiger partial charge in [0.2, 0.25) is 0 Å². The molecule has 0 aliphatic carbocycles. The number of para-hydroxylation sites is 1. The fourth-order valence-electron chi connectivity index (χ4n) is 1.77. The molecule has 1 aromatic carbocycles. The number of benzene rings is 1. The third-order valence-corrected chi connectivity index (χ3v) is 4.46. The van der Waals surface area contributed by atoms with Crippen molar-refractivity contribution in [3.8, 4) is 0 Å². The molecule has 1 unspecified atom stereocenters. The van der Waals surface area contributed by atoms with Crippen molar-refractivity contribution in [2.45, 2.75) is 23.5 Å². The van der Waals surface area contributed by atoms with Gasteiger partial charge in [-0.1, -0.05) is 12.1 Å². The maximum absolute atomic E-state index is 12.2. The Morgan fingerprint density at radius 1 is 1.40 bits per heavy atom. The molecule has 0 spiro atoms. The van der Waals surface area contributed by atoms with Crippen molar-refractivity contribution in [2.24, 2.45) is 0 Å². The first-order valence-corrected chi connectivity index (χ1v) is 6.04. The molecule has 82 valence electrons. The van der Waals surface area contributed by atoms with Gasteiger partial charge >= 0.3 is 0 Å². The van der Waals surface area contributed by atoms with Crippen molar-refractivity contribution in [1.82, 2.24) is 0 Å². The molecular formula is C11H15NO2S. The third kappa shape index (κ3) is 1.68. The Balaban J connectivity index is 2.55. The lowest BCUT2D eigenvalue weighted by atomic mass is 10.2. The van der Waals surface area contributed by atoms with Crippen LogP contribution in [0.5, 0.6) is 0 Å². The fourth-order valence-corrected chi connectivity index (χ4v) is 3.16. The van der Waals surface area contributed by atoms with E-state index in [-0.39, 0.29) is 4.75 Å². The lowest BCUT2D eigenvalue weighted by Gasteiger charge is -2.37. The smallest absolute Gasteiger partial charge is 0.0798 e. The molecule has 1 aromatic rings. The molecule has 4 heteroatoms. The van der Waals surface area contributed by atoms with Crippen LogP contribution in [-0.4, -0.2) is 22.6 Å². The first-order valence-electron chi connectivity index (χ1n) is 4.89. The van der Waals surface area contributed by atoms with E-state index in [9.17, 15) is 4.21 Å². The summed E-state index contributed by atoms with van der Waals surface area (Å²) in [6, 6.07) is 7.68. The van der Waals surface area contributed by atoms with Crippen molar-refractivity contribution in [2.75, 3.05) is 18.7 Å². The molecule has 1 aliphatic rings. The molecular weight excluding hydrogens is 210 g/mol. The Bertz CT molecular complexity index is 403. The van der Waals surface area contributed by atoms with Crippen LogP contribution in [0.3, 0.4) is 0 Å². The van der Waals surface area contributed by atoms with Crippen LogP contribution in [0.4, 0.5) is 5.69 Å². The van der Waals surface area contributed by atoms with Gasteiger partial charge in [-0.25, -0.2) is 0 Å². The molecule has 1 heterocycles. The SMILES string of the molecule is CON1CC(C)(C)S(=O)c2ccccc21. The third-order valence-electron chi connectivity index (χ3n) is 2.58. The van der Waals surface area contributed by atoms with Crippen LogP contribution in [0.15, 0.2) is 29.2 Å². The van der Waals surface area contributed by atoms with E-state index >= 15 is 0 Å². The Labute approximate surface area is 92.5 Å². The van der Waals surface area contributed by atoms with Gasteiger partial charge in [-0.2, -0.15) is 0 Å². The van der Waals surface area contributed by atoms with Crippen LogP contribution in [0.2, 0.25) is 0 Å². The van der Waals surface area contributed by atoms with Gasteiger partial charge in [0.15, 0.2) is 0 Å². The van der Waals surface area contributed by atoms with Crippen LogP contribution < -0.4 is 5.06 Å². The number of anilines is 1. The standard InChI is InChI=1S/C11H15NO2S/c1-11(2)8-12(14-3)9-6-4-5-7-10(9)15(11)13/h4-7H,8H2,1-3H3.